The third-order valence-electron chi connectivity index (χ3n) is 2.03. The molecule has 0 saturated heterocycles. The Hall–Kier alpha value is -1.06. The molecule has 0 radical (unpaired) electrons. The lowest BCUT2D eigenvalue weighted by atomic mass is 10.0. The summed E-state index contributed by atoms with van der Waals surface area (Å²) in [6, 6.07) is 4.61. The second kappa shape index (κ2) is 4.44. The van der Waals surface area contributed by atoms with Crippen LogP contribution in [0.15, 0.2) is 18.2 Å². The SMILES string of the molecule is Cc1cccc(C[C@H](N)C(=O)O)c1Cl. The largest absolute Gasteiger partial charge is 0.480 e. The summed E-state index contributed by atoms with van der Waals surface area (Å²) in [4.78, 5) is 10.5. The number of carbonyl (C=O) groups is 1. The molecule has 3 nitrogen and oxygen atoms in total. The standard InChI is InChI=1S/C10H12ClNO2/c1-6-3-2-4-7(9(6)11)5-8(12)10(13)14/h2-4,8H,5,12H2,1H3,(H,13,14)/t8-/m0/s1. The van der Waals surface area contributed by atoms with Crippen molar-refractivity contribution in [1.82, 2.24) is 0 Å². The summed E-state index contributed by atoms with van der Waals surface area (Å²) in [5.41, 5.74) is 7.12. The number of nitrogens with two attached hydrogens (primary N) is 1. The third kappa shape index (κ3) is 2.47. The zero-order valence-corrected chi connectivity index (χ0v) is 8.58. The van der Waals surface area contributed by atoms with E-state index < -0.39 is 12.0 Å². The van der Waals surface area contributed by atoms with Crippen LogP contribution in [0.3, 0.4) is 0 Å². The zero-order valence-electron chi connectivity index (χ0n) is 7.83. The fourth-order valence-electron chi connectivity index (χ4n) is 1.19. The van der Waals surface area contributed by atoms with E-state index in [0.717, 1.165) is 11.1 Å². The number of carboxylic acid groups (broad SMARTS) is 1. The summed E-state index contributed by atoms with van der Waals surface area (Å²) < 4.78 is 0. The van der Waals surface area contributed by atoms with Gasteiger partial charge in [-0.05, 0) is 24.5 Å². The van der Waals surface area contributed by atoms with Crippen LogP contribution < -0.4 is 5.73 Å². The molecular weight excluding hydrogens is 202 g/mol. The topological polar surface area (TPSA) is 63.3 Å². The van der Waals surface area contributed by atoms with E-state index in [0.29, 0.717) is 5.02 Å². The molecule has 0 fully saturated rings. The molecule has 0 unspecified atom stereocenters. The molecule has 1 aromatic rings. The molecule has 0 aliphatic carbocycles. The molecule has 4 heteroatoms. The van der Waals surface area contributed by atoms with Gasteiger partial charge in [-0.15, -0.1) is 0 Å². The number of aryl methyl sites for hydroxylation is 1. The van der Waals surface area contributed by atoms with E-state index in [1.54, 1.807) is 6.07 Å². The van der Waals surface area contributed by atoms with Crippen LogP contribution in [-0.4, -0.2) is 17.1 Å². The van der Waals surface area contributed by atoms with Crippen molar-refractivity contribution in [3.63, 3.8) is 0 Å². The Morgan fingerprint density at radius 1 is 1.64 bits per heavy atom. The number of halogens is 1. The van der Waals surface area contributed by atoms with Crippen molar-refractivity contribution in [2.24, 2.45) is 5.73 Å². The Labute approximate surface area is 87.5 Å². The molecule has 0 amide bonds. The predicted octanol–water partition coefficient (Wildman–Crippen LogP) is 1.60. The van der Waals surface area contributed by atoms with Crippen molar-refractivity contribution >= 4 is 17.6 Å². The molecule has 0 bridgehead atoms. The van der Waals surface area contributed by atoms with Gasteiger partial charge in [-0.25, -0.2) is 0 Å². The first-order valence-corrected chi connectivity index (χ1v) is 4.62. The van der Waals surface area contributed by atoms with Crippen LogP contribution in [-0.2, 0) is 11.2 Å². The van der Waals surface area contributed by atoms with Gasteiger partial charge >= 0.3 is 5.97 Å². The smallest absolute Gasteiger partial charge is 0.320 e. The first-order valence-electron chi connectivity index (χ1n) is 4.24. The molecular formula is C10H12ClNO2. The van der Waals surface area contributed by atoms with Gasteiger partial charge in [0.25, 0.3) is 0 Å². The number of carboxylic acids is 1. The van der Waals surface area contributed by atoms with Crippen LogP contribution in [0.2, 0.25) is 5.02 Å². The molecule has 1 aromatic carbocycles. The van der Waals surface area contributed by atoms with Crippen molar-refractivity contribution in [3.8, 4) is 0 Å². The summed E-state index contributed by atoms with van der Waals surface area (Å²) in [5, 5.41) is 9.24. The van der Waals surface area contributed by atoms with Crippen molar-refractivity contribution in [3.05, 3.63) is 34.3 Å². The first kappa shape index (κ1) is 11.0. The highest BCUT2D eigenvalue weighted by molar-refractivity contribution is 6.32. The van der Waals surface area contributed by atoms with Gasteiger partial charge in [-0.2, -0.15) is 0 Å². The number of hydrogen-bond acceptors (Lipinski definition) is 2. The highest BCUT2D eigenvalue weighted by atomic mass is 35.5. The third-order valence-corrected chi connectivity index (χ3v) is 2.57. The van der Waals surface area contributed by atoms with E-state index in [1.165, 1.54) is 0 Å². The van der Waals surface area contributed by atoms with Gasteiger partial charge < -0.3 is 10.8 Å². The van der Waals surface area contributed by atoms with Crippen LogP contribution in [0.4, 0.5) is 0 Å². The number of aliphatic carboxylic acids is 1. The van der Waals surface area contributed by atoms with Gasteiger partial charge in [0.1, 0.15) is 6.04 Å². The molecule has 0 spiro atoms. The molecule has 76 valence electrons. The summed E-state index contributed by atoms with van der Waals surface area (Å²) in [7, 11) is 0. The average molecular weight is 214 g/mol. The molecule has 1 rings (SSSR count). The van der Waals surface area contributed by atoms with Gasteiger partial charge in [0.15, 0.2) is 0 Å². The van der Waals surface area contributed by atoms with Crippen molar-refractivity contribution in [1.29, 1.82) is 0 Å². The monoisotopic (exact) mass is 213 g/mol. The maximum absolute atomic E-state index is 10.5. The number of benzene rings is 1. The minimum Gasteiger partial charge on any atom is -0.480 e. The van der Waals surface area contributed by atoms with Crippen LogP contribution in [0.1, 0.15) is 11.1 Å². The summed E-state index contributed by atoms with van der Waals surface area (Å²) in [6.07, 6.45) is 0.260. The first-order chi connectivity index (χ1) is 6.52. The van der Waals surface area contributed by atoms with E-state index in [-0.39, 0.29) is 6.42 Å². The lowest BCUT2D eigenvalue weighted by Crippen LogP contribution is -2.32. The lowest BCUT2D eigenvalue weighted by molar-refractivity contribution is -0.138. The summed E-state index contributed by atoms with van der Waals surface area (Å²) >= 11 is 5.99. The highest BCUT2D eigenvalue weighted by Crippen LogP contribution is 2.21. The molecule has 0 aliphatic rings. The zero-order chi connectivity index (χ0) is 10.7. The summed E-state index contributed by atoms with van der Waals surface area (Å²) in [5.74, 6) is -1.01. The number of rotatable bonds is 3. The van der Waals surface area contributed by atoms with Gasteiger partial charge in [-0.1, -0.05) is 29.8 Å². The normalized spacial score (nSPS) is 12.5. The lowest BCUT2D eigenvalue weighted by Gasteiger charge is -2.09. The van der Waals surface area contributed by atoms with Crippen LogP contribution >= 0.6 is 11.6 Å². The Bertz CT molecular complexity index is 352. The molecule has 14 heavy (non-hydrogen) atoms. The molecule has 0 heterocycles. The highest BCUT2D eigenvalue weighted by Gasteiger charge is 2.14. The van der Waals surface area contributed by atoms with Gasteiger partial charge in [0.2, 0.25) is 0 Å². The quantitative estimate of drug-likeness (QED) is 0.802. The Morgan fingerprint density at radius 2 is 2.29 bits per heavy atom. The Morgan fingerprint density at radius 3 is 2.86 bits per heavy atom. The van der Waals surface area contributed by atoms with Crippen LogP contribution in [0.5, 0.6) is 0 Å². The van der Waals surface area contributed by atoms with Crippen molar-refractivity contribution in [2.45, 2.75) is 19.4 Å². The molecule has 0 aliphatic heterocycles. The van der Waals surface area contributed by atoms with Gasteiger partial charge in [0.05, 0.1) is 0 Å². The van der Waals surface area contributed by atoms with E-state index >= 15 is 0 Å². The maximum Gasteiger partial charge on any atom is 0.320 e. The maximum atomic E-state index is 10.5. The van der Waals surface area contributed by atoms with E-state index in [4.69, 9.17) is 22.4 Å². The Kier molecular flexibility index (Phi) is 3.49. The van der Waals surface area contributed by atoms with Gasteiger partial charge in [0, 0.05) is 5.02 Å². The minimum absolute atomic E-state index is 0.260. The number of hydrogen-bond donors (Lipinski definition) is 2. The molecule has 1 atom stereocenters. The Balaban J connectivity index is 2.87. The van der Waals surface area contributed by atoms with E-state index in [1.807, 2.05) is 19.1 Å². The fraction of sp³-hybridized carbons (Fsp3) is 0.300. The minimum atomic E-state index is -1.01. The van der Waals surface area contributed by atoms with Gasteiger partial charge in [-0.3, -0.25) is 4.79 Å². The molecule has 3 N–H and O–H groups in total. The second-order valence-corrected chi connectivity index (χ2v) is 3.57. The van der Waals surface area contributed by atoms with Crippen LogP contribution in [0, 0.1) is 6.92 Å². The second-order valence-electron chi connectivity index (χ2n) is 3.20. The molecule has 0 aromatic heterocycles. The van der Waals surface area contributed by atoms with Crippen molar-refractivity contribution in [2.75, 3.05) is 0 Å². The van der Waals surface area contributed by atoms with Crippen LogP contribution in [0.25, 0.3) is 0 Å². The predicted molar refractivity (Wildman–Crippen MR) is 55.5 cm³/mol. The fourth-order valence-corrected chi connectivity index (χ4v) is 1.39. The van der Waals surface area contributed by atoms with Crippen molar-refractivity contribution < 1.29 is 9.90 Å². The van der Waals surface area contributed by atoms with E-state index in [9.17, 15) is 4.79 Å². The molecule has 0 saturated carbocycles. The summed E-state index contributed by atoms with van der Waals surface area (Å²) in [6.45, 7) is 1.87. The van der Waals surface area contributed by atoms with E-state index in [2.05, 4.69) is 0 Å². The average Bonchev–Trinajstić information content (AvgIpc) is 2.12.